The monoisotopic (exact) mass is 340 g/mol. The molecule has 1 aliphatic heterocycles. The van der Waals surface area contributed by atoms with Crippen molar-refractivity contribution in [1.82, 2.24) is 0 Å². The van der Waals surface area contributed by atoms with Gasteiger partial charge in [0.2, 0.25) is 0 Å². The molecular formula is C9H10Br2S2. The summed E-state index contributed by atoms with van der Waals surface area (Å²) in [5.41, 5.74) is 0. The third-order valence-electron chi connectivity index (χ3n) is 2.21. The second-order valence-electron chi connectivity index (χ2n) is 3.25. The number of alkyl halides is 1. The van der Waals surface area contributed by atoms with Gasteiger partial charge in [0, 0.05) is 25.3 Å². The maximum absolute atomic E-state index is 3.74. The molecule has 0 bridgehead atoms. The molecule has 2 rings (SSSR count). The Morgan fingerprint density at radius 3 is 2.85 bits per heavy atom. The minimum Gasteiger partial charge on any atom is -0.160 e. The van der Waals surface area contributed by atoms with E-state index in [1.54, 1.807) is 0 Å². The lowest BCUT2D eigenvalue weighted by Crippen LogP contribution is -2.13. The predicted octanol–water partition coefficient (Wildman–Crippen LogP) is 4.18. The number of hydrogen-bond acceptors (Lipinski definition) is 2. The van der Waals surface area contributed by atoms with Crippen molar-refractivity contribution in [3.63, 3.8) is 0 Å². The standard InChI is InChI=1S/C9H10Br2S2/c10-7-2-8(13-4-7)1-6-3-12-5-9(6)11/h2,4,6,9H,1,3,5H2. The summed E-state index contributed by atoms with van der Waals surface area (Å²) in [6.45, 7) is 0. The molecule has 0 amide bonds. The highest BCUT2D eigenvalue weighted by Crippen LogP contribution is 2.34. The number of hydrogen-bond donors (Lipinski definition) is 0. The first kappa shape index (κ1) is 10.5. The predicted molar refractivity (Wildman–Crippen MR) is 69.3 cm³/mol. The van der Waals surface area contributed by atoms with Gasteiger partial charge in [0.1, 0.15) is 0 Å². The second kappa shape index (κ2) is 4.69. The summed E-state index contributed by atoms with van der Waals surface area (Å²) >= 11 is 11.2. The molecule has 1 aromatic rings. The van der Waals surface area contributed by atoms with Crippen molar-refractivity contribution in [1.29, 1.82) is 0 Å². The SMILES string of the molecule is Brc1csc(CC2CSCC2Br)c1. The lowest BCUT2D eigenvalue weighted by atomic mass is 10.0. The topological polar surface area (TPSA) is 0 Å². The number of thioether (sulfide) groups is 1. The van der Waals surface area contributed by atoms with Crippen LogP contribution in [0.15, 0.2) is 15.9 Å². The van der Waals surface area contributed by atoms with E-state index in [1.165, 1.54) is 27.3 Å². The summed E-state index contributed by atoms with van der Waals surface area (Å²) in [6, 6.07) is 2.24. The van der Waals surface area contributed by atoms with Crippen LogP contribution in [0.3, 0.4) is 0 Å². The van der Waals surface area contributed by atoms with Crippen molar-refractivity contribution in [2.45, 2.75) is 11.2 Å². The van der Waals surface area contributed by atoms with Crippen LogP contribution in [0.1, 0.15) is 4.88 Å². The smallest absolute Gasteiger partial charge is 0.0285 e. The van der Waals surface area contributed by atoms with Crippen molar-refractivity contribution in [2.75, 3.05) is 11.5 Å². The molecule has 0 spiro atoms. The van der Waals surface area contributed by atoms with Crippen molar-refractivity contribution >= 4 is 55.0 Å². The van der Waals surface area contributed by atoms with Crippen molar-refractivity contribution in [2.24, 2.45) is 5.92 Å². The van der Waals surface area contributed by atoms with Gasteiger partial charge in [-0.15, -0.1) is 11.3 Å². The fraction of sp³-hybridized carbons (Fsp3) is 0.556. The Morgan fingerprint density at radius 1 is 1.46 bits per heavy atom. The Labute approximate surface area is 104 Å². The highest BCUT2D eigenvalue weighted by Gasteiger charge is 2.25. The first-order chi connectivity index (χ1) is 6.25. The van der Waals surface area contributed by atoms with Gasteiger partial charge >= 0.3 is 0 Å². The Morgan fingerprint density at radius 2 is 2.31 bits per heavy atom. The van der Waals surface area contributed by atoms with Gasteiger partial charge in [0.05, 0.1) is 0 Å². The lowest BCUT2D eigenvalue weighted by Gasteiger charge is -2.10. The first-order valence-corrected chi connectivity index (χ1v) is 7.95. The van der Waals surface area contributed by atoms with Gasteiger partial charge in [-0.2, -0.15) is 11.8 Å². The van der Waals surface area contributed by atoms with Crippen LogP contribution in [0, 0.1) is 5.92 Å². The fourth-order valence-electron chi connectivity index (χ4n) is 1.48. The average Bonchev–Trinajstić information content (AvgIpc) is 2.64. The molecular weight excluding hydrogens is 332 g/mol. The number of halogens is 2. The molecule has 2 atom stereocenters. The maximum atomic E-state index is 3.74. The highest BCUT2D eigenvalue weighted by atomic mass is 79.9. The third kappa shape index (κ3) is 2.74. The first-order valence-electron chi connectivity index (χ1n) is 4.20. The minimum absolute atomic E-state index is 0.721. The second-order valence-corrected chi connectivity index (χ2v) is 7.41. The van der Waals surface area contributed by atoms with E-state index in [1.807, 2.05) is 11.3 Å². The Bertz CT molecular complexity index is 285. The molecule has 1 aliphatic rings. The van der Waals surface area contributed by atoms with Crippen LogP contribution in [0.2, 0.25) is 0 Å². The molecule has 4 heteroatoms. The quantitative estimate of drug-likeness (QED) is 0.727. The van der Waals surface area contributed by atoms with E-state index in [0.717, 1.165) is 10.7 Å². The Balaban J connectivity index is 1.97. The molecule has 0 N–H and O–H groups in total. The molecule has 0 aromatic carbocycles. The van der Waals surface area contributed by atoms with Gasteiger partial charge in [0.15, 0.2) is 0 Å². The fourth-order valence-corrected chi connectivity index (χ4v) is 5.49. The molecule has 2 unspecified atom stereocenters. The molecule has 0 nitrogen and oxygen atoms in total. The van der Waals surface area contributed by atoms with E-state index in [9.17, 15) is 0 Å². The van der Waals surface area contributed by atoms with Gasteiger partial charge < -0.3 is 0 Å². The van der Waals surface area contributed by atoms with Crippen molar-refractivity contribution < 1.29 is 0 Å². The Kier molecular flexibility index (Phi) is 3.79. The molecule has 1 saturated heterocycles. The van der Waals surface area contributed by atoms with E-state index >= 15 is 0 Å². The molecule has 13 heavy (non-hydrogen) atoms. The van der Waals surface area contributed by atoms with Gasteiger partial charge in [-0.3, -0.25) is 0 Å². The molecule has 0 radical (unpaired) electrons. The molecule has 2 heterocycles. The van der Waals surface area contributed by atoms with Crippen LogP contribution in [0.5, 0.6) is 0 Å². The van der Waals surface area contributed by atoms with E-state index < -0.39 is 0 Å². The average molecular weight is 342 g/mol. The van der Waals surface area contributed by atoms with Crippen molar-refractivity contribution in [3.8, 4) is 0 Å². The van der Waals surface area contributed by atoms with E-state index in [-0.39, 0.29) is 0 Å². The highest BCUT2D eigenvalue weighted by molar-refractivity contribution is 9.10. The minimum atomic E-state index is 0.721. The van der Waals surface area contributed by atoms with E-state index in [0.29, 0.717) is 0 Å². The van der Waals surface area contributed by atoms with Crippen LogP contribution in [0.25, 0.3) is 0 Å². The molecule has 1 fully saturated rings. The van der Waals surface area contributed by atoms with E-state index in [4.69, 9.17) is 0 Å². The van der Waals surface area contributed by atoms with Crippen LogP contribution in [-0.4, -0.2) is 16.3 Å². The summed E-state index contributed by atoms with van der Waals surface area (Å²) in [5.74, 6) is 3.42. The molecule has 72 valence electrons. The summed E-state index contributed by atoms with van der Waals surface area (Å²) in [5, 5.41) is 2.17. The summed E-state index contributed by atoms with van der Waals surface area (Å²) in [6.07, 6.45) is 1.24. The summed E-state index contributed by atoms with van der Waals surface area (Å²) in [4.78, 5) is 2.22. The third-order valence-corrected chi connectivity index (χ3v) is 6.68. The normalized spacial score (nSPS) is 28.2. The molecule has 0 saturated carbocycles. The molecule has 1 aromatic heterocycles. The van der Waals surface area contributed by atoms with E-state index in [2.05, 4.69) is 55.1 Å². The van der Waals surface area contributed by atoms with Gasteiger partial charge in [0.25, 0.3) is 0 Å². The summed E-state index contributed by atoms with van der Waals surface area (Å²) in [7, 11) is 0. The maximum Gasteiger partial charge on any atom is 0.0285 e. The van der Waals surface area contributed by atoms with Gasteiger partial charge in [-0.05, 0) is 40.1 Å². The van der Waals surface area contributed by atoms with Crippen LogP contribution >= 0.6 is 55.0 Å². The van der Waals surface area contributed by atoms with Crippen LogP contribution < -0.4 is 0 Å². The Hall–Kier alpha value is 1.01. The zero-order chi connectivity index (χ0) is 9.26. The van der Waals surface area contributed by atoms with Crippen molar-refractivity contribution in [3.05, 3.63) is 20.8 Å². The van der Waals surface area contributed by atoms with Gasteiger partial charge in [-0.25, -0.2) is 0 Å². The zero-order valence-corrected chi connectivity index (χ0v) is 11.8. The van der Waals surface area contributed by atoms with Crippen LogP contribution in [0.4, 0.5) is 0 Å². The lowest BCUT2D eigenvalue weighted by molar-refractivity contribution is 0.622. The van der Waals surface area contributed by atoms with Crippen LogP contribution in [-0.2, 0) is 6.42 Å². The number of thiophene rings is 1. The van der Waals surface area contributed by atoms with Gasteiger partial charge in [-0.1, -0.05) is 15.9 Å². The summed E-state index contributed by atoms with van der Waals surface area (Å²) < 4.78 is 1.23. The zero-order valence-electron chi connectivity index (χ0n) is 7.00. The molecule has 0 aliphatic carbocycles. The number of rotatable bonds is 2. The largest absolute Gasteiger partial charge is 0.160 e.